The van der Waals surface area contributed by atoms with E-state index in [1.807, 2.05) is 29.3 Å². The number of likely N-dealkylation sites (tertiary alicyclic amines) is 3. The van der Waals surface area contributed by atoms with Gasteiger partial charge in [-0.25, -0.2) is 14.4 Å². The molecule has 3 fully saturated rings. The van der Waals surface area contributed by atoms with Gasteiger partial charge in [0.05, 0.1) is 18.9 Å². The molecular formula is C24H32F6N4O6. The minimum atomic E-state index is -5.08. The fourth-order valence-electron chi connectivity index (χ4n) is 4.95. The molecule has 0 radical (unpaired) electrons. The van der Waals surface area contributed by atoms with E-state index in [0.717, 1.165) is 70.8 Å². The summed E-state index contributed by atoms with van der Waals surface area (Å²) < 4.78 is 69.5. The second kappa shape index (κ2) is 14.0. The highest BCUT2D eigenvalue weighted by Crippen LogP contribution is 2.44. The maximum atomic E-state index is 12.8. The van der Waals surface area contributed by atoms with E-state index < -0.39 is 24.3 Å². The number of rotatable bonds is 4. The Labute approximate surface area is 226 Å². The van der Waals surface area contributed by atoms with Crippen LogP contribution in [0.2, 0.25) is 0 Å². The summed E-state index contributed by atoms with van der Waals surface area (Å²) in [5.41, 5.74) is 1.17. The second-order valence-corrected chi connectivity index (χ2v) is 9.85. The first-order valence-electron chi connectivity index (χ1n) is 12.4. The van der Waals surface area contributed by atoms with E-state index in [-0.39, 0.29) is 11.4 Å². The van der Waals surface area contributed by atoms with Gasteiger partial charge in [-0.3, -0.25) is 4.98 Å². The molecule has 3 saturated heterocycles. The van der Waals surface area contributed by atoms with Gasteiger partial charge in [-0.05, 0) is 38.4 Å². The van der Waals surface area contributed by atoms with Gasteiger partial charge in [-0.1, -0.05) is 6.07 Å². The van der Waals surface area contributed by atoms with Gasteiger partial charge in [0.2, 0.25) is 0 Å². The van der Waals surface area contributed by atoms with Gasteiger partial charge < -0.3 is 29.6 Å². The fourth-order valence-corrected chi connectivity index (χ4v) is 4.95. The molecule has 10 nitrogen and oxygen atoms in total. The lowest BCUT2D eigenvalue weighted by Gasteiger charge is -2.31. The van der Waals surface area contributed by atoms with Crippen LogP contribution in [0.3, 0.4) is 0 Å². The zero-order valence-corrected chi connectivity index (χ0v) is 21.7. The van der Waals surface area contributed by atoms with Crippen molar-refractivity contribution in [1.29, 1.82) is 0 Å². The molecule has 0 unspecified atom stereocenters. The SMILES string of the molecule is CN1C[C@H](COCc2ccccn2)[C@]2(CCN(C(=O)N3CCCC3)C2)C1.O=C(O)C(F)(F)F.O=C(O)C(F)(F)F. The van der Waals surface area contributed by atoms with Gasteiger partial charge >= 0.3 is 30.3 Å². The molecule has 3 aliphatic rings. The number of alkyl halides is 6. The largest absolute Gasteiger partial charge is 0.490 e. The van der Waals surface area contributed by atoms with Crippen molar-refractivity contribution in [2.45, 2.75) is 38.2 Å². The monoisotopic (exact) mass is 586 g/mol. The molecule has 2 N–H and O–H groups in total. The smallest absolute Gasteiger partial charge is 0.475 e. The van der Waals surface area contributed by atoms with E-state index in [4.69, 9.17) is 24.5 Å². The maximum Gasteiger partial charge on any atom is 0.490 e. The molecule has 226 valence electrons. The van der Waals surface area contributed by atoms with Crippen molar-refractivity contribution in [3.8, 4) is 0 Å². The summed E-state index contributed by atoms with van der Waals surface area (Å²) in [5.74, 6) is -5.03. The second-order valence-electron chi connectivity index (χ2n) is 9.85. The summed E-state index contributed by atoms with van der Waals surface area (Å²) in [6.07, 6.45) is -4.97. The van der Waals surface area contributed by atoms with Crippen LogP contribution in [-0.2, 0) is 20.9 Å². The third-order valence-corrected chi connectivity index (χ3v) is 6.80. The van der Waals surface area contributed by atoms with Gasteiger partial charge in [0, 0.05) is 56.8 Å². The standard InChI is InChI=1S/C20H30N4O2.2C2HF3O2/c1-22-12-17(13-26-14-18-6-2-3-8-21-18)20(15-22)7-11-24(16-20)19(25)23-9-4-5-10-23;2*3-2(4,5)1(6)7/h2-3,6,8,17H,4-5,7,9-16H2,1H3;2*(H,6,7)/t17-,20-;;/m1../s1. The van der Waals surface area contributed by atoms with Gasteiger partial charge in [0.1, 0.15) is 0 Å². The van der Waals surface area contributed by atoms with Crippen LogP contribution >= 0.6 is 0 Å². The third-order valence-electron chi connectivity index (χ3n) is 6.80. The zero-order chi connectivity index (χ0) is 30.1. The number of aliphatic carboxylic acids is 2. The molecule has 2 amide bonds. The molecule has 0 bridgehead atoms. The normalized spacial score (nSPS) is 22.9. The number of carbonyl (C=O) groups excluding carboxylic acids is 1. The summed E-state index contributed by atoms with van der Waals surface area (Å²) in [5, 5.41) is 14.2. The predicted molar refractivity (Wildman–Crippen MR) is 127 cm³/mol. The number of amides is 2. The van der Waals surface area contributed by atoms with Gasteiger partial charge in [0.15, 0.2) is 0 Å². The number of aromatic nitrogens is 1. The Kier molecular flexibility index (Phi) is 11.5. The summed E-state index contributed by atoms with van der Waals surface area (Å²) in [6, 6.07) is 6.18. The number of hydrogen-bond acceptors (Lipinski definition) is 6. The minimum absolute atomic E-state index is 0.189. The molecular weight excluding hydrogens is 554 g/mol. The van der Waals surface area contributed by atoms with Gasteiger partial charge in [-0.2, -0.15) is 26.3 Å². The van der Waals surface area contributed by atoms with Crippen molar-refractivity contribution < 1.29 is 55.7 Å². The van der Waals surface area contributed by atoms with Crippen LogP contribution in [0.5, 0.6) is 0 Å². The lowest BCUT2D eigenvalue weighted by molar-refractivity contribution is -0.193. The van der Waals surface area contributed by atoms with E-state index >= 15 is 0 Å². The number of carboxylic acid groups (broad SMARTS) is 2. The predicted octanol–water partition coefficient (Wildman–Crippen LogP) is 3.33. The first-order valence-corrected chi connectivity index (χ1v) is 12.4. The van der Waals surface area contributed by atoms with Crippen molar-refractivity contribution in [2.24, 2.45) is 11.3 Å². The van der Waals surface area contributed by atoms with E-state index in [0.29, 0.717) is 12.5 Å². The van der Waals surface area contributed by atoms with Crippen LogP contribution in [0.25, 0.3) is 0 Å². The Morgan fingerprint density at radius 2 is 1.55 bits per heavy atom. The molecule has 1 aromatic rings. The van der Waals surface area contributed by atoms with Crippen molar-refractivity contribution >= 4 is 18.0 Å². The number of pyridine rings is 1. The first-order chi connectivity index (χ1) is 18.5. The van der Waals surface area contributed by atoms with Crippen molar-refractivity contribution in [2.75, 3.05) is 52.9 Å². The maximum absolute atomic E-state index is 12.8. The quantitative estimate of drug-likeness (QED) is 0.516. The Bertz CT molecular complexity index is 966. The number of nitrogens with zero attached hydrogens (tertiary/aromatic N) is 4. The average Bonchev–Trinajstić information content (AvgIpc) is 3.60. The molecule has 1 spiro atoms. The minimum Gasteiger partial charge on any atom is -0.475 e. The van der Waals surface area contributed by atoms with Gasteiger partial charge in [0.25, 0.3) is 0 Å². The highest BCUT2D eigenvalue weighted by molar-refractivity contribution is 5.75. The Hall–Kier alpha value is -3.14. The Balaban J connectivity index is 0.000000333. The molecule has 3 aliphatic heterocycles. The third kappa shape index (κ3) is 9.80. The van der Waals surface area contributed by atoms with Gasteiger partial charge in [-0.15, -0.1) is 0 Å². The number of hydrogen-bond donors (Lipinski definition) is 2. The Morgan fingerprint density at radius 1 is 0.975 bits per heavy atom. The van der Waals surface area contributed by atoms with Crippen LogP contribution < -0.4 is 0 Å². The topological polar surface area (TPSA) is 124 Å². The first kappa shape index (κ1) is 33.1. The Morgan fingerprint density at radius 3 is 2.05 bits per heavy atom. The molecule has 0 saturated carbocycles. The molecule has 16 heteroatoms. The van der Waals surface area contributed by atoms with Crippen LogP contribution in [0.15, 0.2) is 24.4 Å². The van der Waals surface area contributed by atoms with Crippen molar-refractivity contribution in [1.82, 2.24) is 19.7 Å². The zero-order valence-electron chi connectivity index (χ0n) is 21.7. The van der Waals surface area contributed by atoms with Crippen LogP contribution in [0.1, 0.15) is 25.0 Å². The highest BCUT2D eigenvalue weighted by atomic mass is 19.4. The summed E-state index contributed by atoms with van der Waals surface area (Å²) in [7, 11) is 2.19. The molecule has 0 aliphatic carbocycles. The average molecular weight is 587 g/mol. The molecule has 4 heterocycles. The van der Waals surface area contributed by atoms with Crippen molar-refractivity contribution in [3.05, 3.63) is 30.1 Å². The molecule has 1 aromatic heterocycles. The number of ether oxygens (including phenoxy) is 1. The summed E-state index contributed by atoms with van der Waals surface area (Å²) in [6.45, 7) is 7.05. The molecule has 2 atom stereocenters. The molecule has 0 aromatic carbocycles. The van der Waals surface area contributed by atoms with Crippen LogP contribution in [0.4, 0.5) is 31.1 Å². The van der Waals surface area contributed by atoms with Crippen LogP contribution in [-0.4, -0.2) is 113 Å². The summed E-state index contributed by atoms with van der Waals surface area (Å²) >= 11 is 0. The fraction of sp³-hybridized carbons (Fsp3) is 0.667. The van der Waals surface area contributed by atoms with E-state index in [1.54, 1.807) is 0 Å². The summed E-state index contributed by atoms with van der Waals surface area (Å²) in [4.78, 5) is 41.4. The molecule has 4 rings (SSSR count). The number of urea groups is 1. The number of carboxylic acids is 2. The lowest BCUT2D eigenvalue weighted by atomic mass is 9.77. The van der Waals surface area contributed by atoms with Crippen molar-refractivity contribution in [3.63, 3.8) is 0 Å². The van der Waals surface area contributed by atoms with E-state index in [1.165, 1.54) is 0 Å². The molecule has 40 heavy (non-hydrogen) atoms. The van der Waals surface area contributed by atoms with E-state index in [9.17, 15) is 31.1 Å². The van der Waals surface area contributed by atoms with Crippen LogP contribution in [0, 0.1) is 11.3 Å². The number of halogens is 6. The highest BCUT2D eigenvalue weighted by Gasteiger charge is 2.51. The number of carbonyl (C=O) groups is 3. The van der Waals surface area contributed by atoms with E-state index in [2.05, 4.69) is 21.8 Å². The lowest BCUT2D eigenvalue weighted by Crippen LogP contribution is -2.43.